The molecule has 0 bridgehead atoms. The van der Waals surface area contributed by atoms with Gasteiger partial charge in [-0.15, -0.1) is 0 Å². The molecule has 1 rings (SSSR count). The van der Waals surface area contributed by atoms with E-state index >= 15 is 0 Å². The number of hydrogen-bond acceptors (Lipinski definition) is 3. The summed E-state index contributed by atoms with van der Waals surface area (Å²) in [6.07, 6.45) is 0.834. The van der Waals surface area contributed by atoms with Crippen LogP contribution in [0.25, 0.3) is 0 Å². The Balaban J connectivity index is 2.86. The molecule has 1 heterocycles. The molecule has 1 aliphatic rings. The van der Waals surface area contributed by atoms with Crippen molar-refractivity contribution < 1.29 is 14.7 Å². The van der Waals surface area contributed by atoms with Crippen LogP contribution in [0.15, 0.2) is 12.2 Å². The Bertz CT molecular complexity index is 307. The lowest BCUT2D eigenvalue weighted by Gasteiger charge is -2.36. The molecule has 0 aliphatic carbocycles. The van der Waals surface area contributed by atoms with E-state index in [2.05, 4.69) is 6.58 Å². The van der Waals surface area contributed by atoms with Gasteiger partial charge in [-0.2, -0.15) is 0 Å². The highest BCUT2D eigenvalue weighted by molar-refractivity contribution is 6.08. The van der Waals surface area contributed by atoms with Gasteiger partial charge in [0.2, 0.25) is 5.91 Å². The van der Waals surface area contributed by atoms with Crippen molar-refractivity contribution in [1.29, 1.82) is 0 Å². The number of hydrogen-bond donors (Lipinski definition) is 1. The molecule has 0 unspecified atom stereocenters. The molecule has 84 valence electrons. The molecule has 1 saturated heterocycles. The standard InChI is InChI=1S/C11H17NO3/c1-8-7-11(2,3)10(15)12(9(8)14)5-4-6-13/h13H,1,4-7H2,2-3H3. The van der Waals surface area contributed by atoms with Crippen LogP contribution in [0.5, 0.6) is 0 Å². The van der Waals surface area contributed by atoms with Gasteiger partial charge in [-0.05, 0) is 12.8 Å². The Labute approximate surface area is 89.6 Å². The molecule has 4 heteroatoms. The summed E-state index contributed by atoms with van der Waals surface area (Å²) >= 11 is 0. The molecular formula is C11H17NO3. The summed E-state index contributed by atoms with van der Waals surface area (Å²) in [7, 11) is 0. The molecule has 0 radical (unpaired) electrons. The molecule has 2 amide bonds. The molecule has 0 aromatic carbocycles. The molecule has 0 aromatic rings. The zero-order valence-electron chi connectivity index (χ0n) is 9.25. The number of nitrogens with zero attached hydrogens (tertiary/aromatic N) is 1. The number of amides is 2. The first-order valence-electron chi connectivity index (χ1n) is 5.05. The second-order valence-corrected chi connectivity index (χ2v) is 4.50. The van der Waals surface area contributed by atoms with Gasteiger partial charge in [-0.3, -0.25) is 14.5 Å². The van der Waals surface area contributed by atoms with Crippen LogP contribution in [0.1, 0.15) is 26.7 Å². The predicted molar refractivity (Wildman–Crippen MR) is 56.0 cm³/mol. The van der Waals surface area contributed by atoms with Gasteiger partial charge < -0.3 is 5.11 Å². The normalized spacial score (nSPS) is 21.0. The van der Waals surface area contributed by atoms with Crippen LogP contribution in [-0.4, -0.2) is 35.0 Å². The molecule has 0 spiro atoms. The summed E-state index contributed by atoms with van der Waals surface area (Å²) in [5, 5.41) is 8.69. The smallest absolute Gasteiger partial charge is 0.255 e. The Morgan fingerprint density at radius 2 is 2.07 bits per heavy atom. The largest absolute Gasteiger partial charge is 0.396 e. The molecule has 15 heavy (non-hydrogen) atoms. The number of piperidine rings is 1. The third-order valence-corrected chi connectivity index (χ3v) is 2.57. The minimum absolute atomic E-state index is 0.0238. The van der Waals surface area contributed by atoms with Crippen molar-refractivity contribution in [3.8, 4) is 0 Å². The quantitative estimate of drug-likeness (QED) is 0.552. The molecule has 1 N–H and O–H groups in total. The predicted octanol–water partition coefficient (Wildman–Crippen LogP) is 0.710. The summed E-state index contributed by atoms with van der Waals surface area (Å²) < 4.78 is 0. The molecule has 0 aromatic heterocycles. The highest BCUT2D eigenvalue weighted by Gasteiger charge is 2.41. The van der Waals surface area contributed by atoms with Crippen molar-refractivity contribution in [2.75, 3.05) is 13.2 Å². The highest BCUT2D eigenvalue weighted by atomic mass is 16.3. The second kappa shape index (κ2) is 4.14. The zero-order valence-corrected chi connectivity index (χ0v) is 9.25. The van der Waals surface area contributed by atoms with Crippen molar-refractivity contribution >= 4 is 11.8 Å². The topological polar surface area (TPSA) is 57.6 Å². The van der Waals surface area contributed by atoms with Gasteiger partial charge in [-0.25, -0.2) is 0 Å². The van der Waals surface area contributed by atoms with E-state index < -0.39 is 5.41 Å². The lowest BCUT2D eigenvalue weighted by molar-refractivity contribution is -0.152. The van der Waals surface area contributed by atoms with E-state index in [1.54, 1.807) is 13.8 Å². The van der Waals surface area contributed by atoms with Crippen molar-refractivity contribution in [2.24, 2.45) is 5.41 Å². The molecule has 4 nitrogen and oxygen atoms in total. The van der Waals surface area contributed by atoms with E-state index in [1.165, 1.54) is 4.90 Å². The van der Waals surface area contributed by atoms with Crippen LogP contribution in [0, 0.1) is 5.41 Å². The van der Waals surface area contributed by atoms with Crippen molar-refractivity contribution in [1.82, 2.24) is 4.90 Å². The van der Waals surface area contributed by atoms with Gasteiger partial charge in [0.05, 0.1) is 0 Å². The molecule has 1 fully saturated rings. The number of aliphatic hydroxyl groups excluding tert-OH is 1. The lowest BCUT2D eigenvalue weighted by Crippen LogP contribution is -2.50. The number of carbonyl (C=O) groups excluding carboxylic acids is 2. The number of carbonyl (C=O) groups is 2. The minimum atomic E-state index is -0.555. The maximum absolute atomic E-state index is 11.9. The Hall–Kier alpha value is -1.16. The van der Waals surface area contributed by atoms with E-state index in [-0.39, 0.29) is 25.0 Å². The fourth-order valence-electron chi connectivity index (χ4n) is 1.77. The molecule has 0 saturated carbocycles. The van der Waals surface area contributed by atoms with E-state index in [9.17, 15) is 9.59 Å². The fourth-order valence-corrected chi connectivity index (χ4v) is 1.77. The van der Waals surface area contributed by atoms with Gasteiger partial charge in [0.15, 0.2) is 0 Å². The van der Waals surface area contributed by atoms with Crippen LogP contribution in [-0.2, 0) is 9.59 Å². The number of imide groups is 1. The summed E-state index contributed by atoms with van der Waals surface area (Å²) in [5.41, 5.74) is -0.0852. The van der Waals surface area contributed by atoms with E-state index in [0.29, 0.717) is 18.4 Å². The molecule has 0 atom stereocenters. The molecular weight excluding hydrogens is 194 g/mol. The first-order valence-corrected chi connectivity index (χ1v) is 5.05. The van der Waals surface area contributed by atoms with Crippen LogP contribution in [0.2, 0.25) is 0 Å². The van der Waals surface area contributed by atoms with Gasteiger partial charge in [0.25, 0.3) is 5.91 Å². The van der Waals surface area contributed by atoms with E-state index in [1.807, 2.05) is 0 Å². The van der Waals surface area contributed by atoms with Gasteiger partial charge in [0, 0.05) is 24.1 Å². The van der Waals surface area contributed by atoms with Gasteiger partial charge in [0.1, 0.15) is 0 Å². The summed E-state index contributed by atoms with van der Waals surface area (Å²) in [4.78, 5) is 24.7. The fraction of sp³-hybridized carbons (Fsp3) is 0.636. The SMILES string of the molecule is C=C1CC(C)(C)C(=O)N(CCCO)C1=O. The molecule has 1 aliphatic heterocycles. The summed E-state index contributed by atoms with van der Waals surface area (Å²) in [5.74, 6) is -0.471. The Morgan fingerprint density at radius 3 is 2.60 bits per heavy atom. The zero-order chi connectivity index (χ0) is 11.6. The second-order valence-electron chi connectivity index (χ2n) is 4.50. The third-order valence-electron chi connectivity index (χ3n) is 2.57. The summed E-state index contributed by atoms with van der Waals surface area (Å²) in [6, 6.07) is 0. The first kappa shape index (κ1) is 11.9. The average Bonchev–Trinajstić information content (AvgIpc) is 2.15. The van der Waals surface area contributed by atoms with E-state index in [0.717, 1.165) is 0 Å². The number of rotatable bonds is 3. The van der Waals surface area contributed by atoms with Crippen LogP contribution >= 0.6 is 0 Å². The van der Waals surface area contributed by atoms with Crippen LogP contribution in [0.4, 0.5) is 0 Å². The number of aliphatic hydroxyl groups is 1. The summed E-state index contributed by atoms with van der Waals surface area (Å²) in [6.45, 7) is 7.54. The Morgan fingerprint density at radius 1 is 1.47 bits per heavy atom. The van der Waals surface area contributed by atoms with Crippen LogP contribution < -0.4 is 0 Å². The lowest BCUT2D eigenvalue weighted by atomic mass is 9.80. The van der Waals surface area contributed by atoms with Crippen LogP contribution in [0.3, 0.4) is 0 Å². The Kier molecular flexibility index (Phi) is 3.29. The van der Waals surface area contributed by atoms with Gasteiger partial charge >= 0.3 is 0 Å². The first-order chi connectivity index (χ1) is 6.90. The van der Waals surface area contributed by atoms with Crippen molar-refractivity contribution in [2.45, 2.75) is 26.7 Å². The maximum Gasteiger partial charge on any atom is 0.255 e. The number of likely N-dealkylation sites (tertiary alicyclic amines) is 1. The van der Waals surface area contributed by atoms with Crippen molar-refractivity contribution in [3.05, 3.63) is 12.2 Å². The van der Waals surface area contributed by atoms with E-state index in [4.69, 9.17) is 5.11 Å². The minimum Gasteiger partial charge on any atom is -0.396 e. The average molecular weight is 211 g/mol. The highest BCUT2D eigenvalue weighted by Crippen LogP contribution is 2.33. The third kappa shape index (κ3) is 2.26. The monoisotopic (exact) mass is 211 g/mol. The van der Waals surface area contributed by atoms with Crippen molar-refractivity contribution in [3.63, 3.8) is 0 Å². The van der Waals surface area contributed by atoms with Gasteiger partial charge in [-0.1, -0.05) is 20.4 Å². The maximum atomic E-state index is 11.9.